The maximum absolute atomic E-state index is 13.8. The Hall–Kier alpha value is -3.09. The third-order valence-electron chi connectivity index (χ3n) is 4.16. The van der Waals surface area contributed by atoms with E-state index in [1.807, 2.05) is 0 Å². The van der Waals surface area contributed by atoms with Crippen LogP contribution in [0, 0.1) is 11.7 Å². The van der Waals surface area contributed by atoms with Gasteiger partial charge in [-0.1, -0.05) is 26.0 Å². The van der Waals surface area contributed by atoms with Crippen LogP contribution >= 0.6 is 0 Å². The van der Waals surface area contributed by atoms with Gasteiger partial charge in [0, 0.05) is 11.8 Å². The highest BCUT2D eigenvalue weighted by atomic mass is 19.1. The lowest BCUT2D eigenvalue weighted by Crippen LogP contribution is -2.47. The normalized spacial score (nSPS) is 13.8. The Morgan fingerprint density at radius 1 is 1.04 bits per heavy atom. The van der Waals surface area contributed by atoms with Crippen molar-refractivity contribution in [2.24, 2.45) is 5.92 Å². The Balaban J connectivity index is 1.72. The number of nitrogens with one attached hydrogen (secondary N) is 2. The summed E-state index contributed by atoms with van der Waals surface area (Å²) in [5.74, 6) is -0.693. The van der Waals surface area contributed by atoms with Crippen molar-refractivity contribution >= 4 is 17.5 Å². The monoisotopic (exact) mass is 372 g/mol. The fraction of sp³-hybridized carbons (Fsp3) is 0.300. The number of hydrogen-bond donors (Lipinski definition) is 2. The highest BCUT2D eigenvalue weighted by Crippen LogP contribution is 2.32. The Kier molecular flexibility index (Phi) is 5.59. The molecule has 2 N–H and O–H groups in total. The Bertz CT molecular complexity index is 854. The molecule has 0 aliphatic carbocycles. The molecule has 0 aromatic heterocycles. The van der Waals surface area contributed by atoms with E-state index in [2.05, 4.69) is 10.6 Å². The molecule has 2 amide bonds. The van der Waals surface area contributed by atoms with Gasteiger partial charge in [-0.25, -0.2) is 4.39 Å². The van der Waals surface area contributed by atoms with Crippen LogP contribution in [0.4, 0.5) is 10.1 Å². The molecule has 0 spiro atoms. The minimum atomic E-state index is -0.828. The smallest absolute Gasteiger partial charge is 0.254 e. The van der Waals surface area contributed by atoms with Crippen LogP contribution in [0.15, 0.2) is 42.5 Å². The van der Waals surface area contributed by atoms with E-state index in [1.165, 1.54) is 18.2 Å². The number of carbonyl (C=O) groups is 2. The van der Waals surface area contributed by atoms with Gasteiger partial charge < -0.3 is 20.1 Å². The molecule has 27 heavy (non-hydrogen) atoms. The number of halogens is 1. The van der Waals surface area contributed by atoms with E-state index in [0.29, 0.717) is 30.4 Å². The number of rotatable bonds is 5. The van der Waals surface area contributed by atoms with Gasteiger partial charge in [-0.05, 0) is 30.2 Å². The summed E-state index contributed by atoms with van der Waals surface area (Å²) >= 11 is 0. The summed E-state index contributed by atoms with van der Waals surface area (Å²) in [5.41, 5.74) is 0.422. The minimum absolute atomic E-state index is 0.102. The third-order valence-corrected chi connectivity index (χ3v) is 4.16. The number of fused-ring (bicyclic) bond motifs is 1. The largest absolute Gasteiger partial charge is 0.486 e. The summed E-state index contributed by atoms with van der Waals surface area (Å²) in [6.45, 7) is 4.53. The van der Waals surface area contributed by atoms with E-state index in [9.17, 15) is 14.0 Å². The predicted molar refractivity (Wildman–Crippen MR) is 98.6 cm³/mol. The van der Waals surface area contributed by atoms with Gasteiger partial charge in [-0.15, -0.1) is 0 Å². The first-order chi connectivity index (χ1) is 13.0. The molecule has 1 atom stereocenters. The summed E-state index contributed by atoms with van der Waals surface area (Å²) in [5, 5.41) is 5.37. The summed E-state index contributed by atoms with van der Waals surface area (Å²) in [7, 11) is 0. The molecule has 2 aromatic carbocycles. The second kappa shape index (κ2) is 8.07. The third kappa shape index (κ3) is 4.36. The molecule has 1 heterocycles. The second-order valence-corrected chi connectivity index (χ2v) is 6.52. The van der Waals surface area contributed by atoms with Gasteiger partial charge in [0.1, 0.15) is 25.1 Å². The predicted octanol–water partition coefficient (Wildman–Crippen LogP) is 2.99. The van der Waals surface area contributed by atoms with Crippen molar-refractivity contribution in [3.63, 3.8) is 0 Å². The van der Waals surface area contributed by atoms with Gasteiger partial charge in [0.15, 0.2) is 11.5 Å². The Morgan fingerprint density at radius 2 is 1.74 bits per heavy atom. The maximum Gasteiger partial charge on any atom is 0.254 e. The van der Waals surface area contributed by atoms with Crippen molar-refractivity contribution in [2.45, 2.75) is 19.9 Å². The second-order valence-electron chi connectivity index (χ2n) is 6.52. The molecular weight excluding hydrogens is 351 g/mol. The topological polar surface area (TPSA) is 76.7 Å². The fourth-order valence-corrected chi connectivity index (χ4v) is 2.74. The first kappa shape index (κ1) is 18.7. The average Bonchev–Trinajstić information content (AvgIpc) is 2.65. The van der Waals surface area contributed by atoms with Crippen LogP contribution in [0.5, 0.6) is 11.5 Å². The zero-order chi connectivity index (χ0) is 19.4. The van der Waals surface area contributed by atoms with Crippen molar-refractivity contribution in [3.8, 4) is 11.5 Å². The zero-order valence-electron chi connectivity index (χ0n) is 15.1. The van der Waals surface area contributed by atoms with Crippen LogP contribution in [0.2, 0.25) is 0 Å². The molecular formula is C20H21FN2O4. The summed E-state index contributed by atoms with van der Waals surface area (Å²) in [6.07, 6.45) is 0. The highest BCUT2D eigenvalue weighted by molar-refractivity contribution is 6.01. The van der Waals surface area contributed by atoms with E-state index < -0.39 is 23.7 Å². The number of carbonyl (C=O) groups excluding carboxylic acids is 2. The van der Waals surface area contributed by atoms with Crippen LogP contribution in [-0.2, 0) is 4.79 Å². The number of ether oxygens (including phenoxy) is 2. The summed E-state index contributed by atoms with van der Waals surface area (Å²) < 4.78 is 24.8. The van der Waals surface area contributed by atoms with Gasteiger partial charge in [-0.3, -0.25) is 9.59 Å². The molecule has 2 aromatic rings. The van der Waals surface area contributed by atoms with Crippen LogP contribution in [-0.4, -0.2) is 31.1 Å². The van der Waals surface area contributed by atoms with Crippen molar-refractivity contribution in [2.75, 3.05) is 18.5 Å². The van der Waals surface area contributed by atoms with Crippen LogP contribution in [0.3, 0.4) is 0 Å². The number of benzene rings is 2. The molecule has 0 fully saturated rings. The van der Waals surface area contributed by atoms with Gasteiger partial charge in [-0.2, -0.15) is 0 Å². The molecule has 0 radical (unpaired) electrons. The van der Waals surface area contributed by atoms with Crippen molar-refractivity contribution in [3.05, 3.63) is 53.8 Å². The SMILES string of the molecule is CC(C)C(NC(=O)c1ccccc1F)C(=O)Nc1ccc2c(c1)OCCO2. The van der Waals surface area contributed by atoms with Crippen LogP contribution < -0.4 is 20.1 Å². The van der Waals surface area contributed by atoms with E-state index >= 15 is 0 Å². The summed E-state index contributed by atoms with van der Waals surface area (Å²) in [6, 6.07) is 9.90. The Labute approximate surface area is 156 Å². The average molecular weight is 372 g/mol. The molecule has 1 aliphatic rings. The maximum atomic E-state index is 13.8. The van der Waals surface area contributed by atoms with Crippen molar-refractivity contribution in [1.29, 1.82) is 0 Å². The first-order valence-corrected chi connectivity index (χ1v) is 8.71. The lowest BCUT2D eigenvalue weighted by molar-refractivity contribution is -0.118. The number of hydrogen-bond acceptors (Lipinski definition) is 4. The lowest BCUT2D eigenvalue weighted by Gasteiger charge is -2.23. The summed E-state index contributed by atoms with van der Waals surface area (Å²) in [4.78, 5) is 25.0. The molecule has 3 rings (SSSR count). The molecule has 1 unspecified atom stereocenters. The van der Waals surface area contributed by atoms with Crippen LogP contribution in [0.25, 0.3) is 0 Å². The quantitative estimate of drug-likeness (QED) is 0.846. The highest BCUT2D eigenvalue weighted by Gasteiger charge is 2.26. The van der Waals surface area contributed by atoms with Gasteiger partial charge in [0.05, 0.1) is 5.56 Å². The lowest BCUT2D eigenvalue weighted by atomic mass is 10.0. The Morgan fingerprint density at radius 3 is 2.44 bits per heavy atom. The fourth-order valence-electron chi connectivity index (χ4n) is 2.74. The molecule has 1 aliphatic heterocycles. The number of amides is 2. The molecule has 0 saturated carbocycles. The van der Waals surface area contributed by atoms with E-state index in [4.69, 9.17) is 9.47 Å². The molecule has 0 saturated heterocycles. The molecule has 0 bridgehead atoms. The molecule has 6 nitrogen and oxygen atoms in total. The van der Waals surface area contributed by atoms with E-state index in [0.717, 1.165) is 0 Å². The van der Waals surface area contributed by atoms with Crippen LogP contribution in [0.1, 0.15) is 24.2 Å². The first-order valence-electron chi connectivity index (χ1n) is 8.71. The number of anilines is 1. The molecule has 142 valence electrons. The minimum Gasteiger partial charge on any atom is -0.486 e. The van der Waals surface area contributed by atoms with Crippen molar-refractivity contribution < 1.29 is 23.5 Å². The van der Waals surface area contributed by atoms with Crippen molar-refractivity contribution in [1.82, 2.24) is 5.32 Å². The van der Waals surface area contributed by atoms with Gasteiger partial charge in [0.2, 0.25) is 5.91 Å². The van der Waals surface area contributed by atoms with Gasteiger partial charge in [0.25, 0.3) is 5.91 Å². The zero-order valence-corrected chi connectivity index (χ0v) is 15.1. The molecule has 7 heteroatoms. The van der Waals surface area contributed by atoms with Gasteiger partial charge >= 0.3 is 0 Å². The van der Waals surface area contributed by atoms with E-state index in [1.54, 1.807) is 38.1 Å². The van der Waals surface area contributed by atoms with E-state index in [-0.39, 0.29) is 11.5 Å². The standard InChI is InChI=1S/C20H21FN2O4/c1-12(2)18(23-19(24)14-5-3-4-6-15(14)21)20(25)22-13-7-8-16-17(11-13)27-10-9-26-16/h3-8,11-12,18H,9-10H2,1-2H3,(H,22,25)(H,23,24).